The van der Waals surface area contributed by atoms with Gasteiger partial charge < -0.3 is 16.0 Å². The Hall–Kier alpha value is -2.82. The fourth-order valence-electron chi connectivity index (χ4n) is 2.28. The van der Waals surface area contributed by atoms with Gasteiger partial charge in [0.05, 0.1) is 6.54 Å². The molecule has 2 rings (SSSR count). The Morgan fingerprint density at radius 3 is 2.19 bits per heavy atom. The van der Waals surface area contributed by atoms with Gasteiger partial charge in [0.15, 0.2) is 5.96 Å². The molecule has 3 N–H and O–H groups in total. The zero-order valence-corrected chi connectivity index (χ0v) is 16.7. The fourth-order valence-corrected chi connectivity index (χ4v) is 2.28. The van der Waals surface area contributed by atoms with E-state index in [4.69, 9.17) is 0 Å². The van der Waals surface area contributed by atoms with Crippen LogP contribution in [0.5, 0.6) is 0 Å². The van der Waals surface area contributed by atoms with Crippen LogP contribution >= 0.6 is 0 Å². The minimum atomic E-state index is -0.384. The lowest BCUT2D eigenvalue weighted by Crippen LogP contribution is -2.41. The van der Waals surface area contributed by atoms with Gasteiger partial charge in [0.25, 0.3) is 0 Å². The molecule has 144 valence electrons. The van der Waals surface area contributed by atoms with E-state index in [2.05, 4.69) is 52.1 Å². The second kappa shape index (κ2) is 9.76. The van der Waals surface area contributed by atoms with E-state index >= 15 is 0 Å². The lowest BCUT2D eigenvalue weighted by molar-refractivity contribution is -0.128. The molecule has 0 spiro atoms. The summed E-state index contributed by atoms with van der Waals surface area (Å²) in [6.45, 7) is 9.49. The van der Waals surface area contributed by atoms with Crippen LogP contribution in [0, 0.1) is 12.3 Å². The van der Waals surface area contributed by atoms with E-state index in [0.29, 0.717) is 25.6 Å². The summed E-state index contributed by atoms with van der Waals surface area (Å²) in [7, 11) is 0. The Labute approximate surface area is 162 Å². The van der Waals surface area contributed by atoms with Gasteiger partial charge in [0.1, 0.15) is 0 Å². The molecule has 2 aromatic carbocycles. The van der Waals surface area contributed by atoms with Gasteiger partial charge in [-0.1, -0.05) is 68.8 Å². The zero-order chi connectivity index (χ0) is 19.7. The number of carbonyl (C=O) groups excluding carboxylic acids is 1. The van der Waals surface area contributed by atoms with E-state index in [1.165, 1.54) is 5.56 Å². The number of nitrogens with one attached hydrogen (secondary N) is 3. The molecule has 0 aromatic heterocycles. The number of aryl methyl sites for hydroxylation is 1. The molecule has 0 saturated carbocycles. The highest BCUT2D eigenvalue weighted by Gasteiger charge is 2.20. The SMILES string of the molecule is Cc1ccc(CN=C(NCCNC(=O)C(C)(C)C)Nc2ccccc2)cc1. The van der Waals surface area contributed by atoms with E-state index in [9.17, 15) is 4.79 Å². The molecule has 0 saturated heterocycles. The Bertz CT molecular complexity index is 746. The molecule has 1 amide bonds. The molecule has 0 bridgehead atoms. The number of para-hydroxylation sites is 1. The fraction of sp³-hybridized carbons (Fsp3) is 0.364. The van der Waals surface area contributed by atoms with Gasteiger partial charge in [-0.05, 0) is 24.6 Å². The molecule has 0 aliphatic carbocycles. The Balaban J connectivity index is 1.95. The maximum atomic E-state index is 12.0. The topological polar surface area (TPSA) is 65.5 Å². The van der Waals surface area contributed by atoms with Crippen LogP contribution in [0.4, 0.5) is 5.69 Å². The first kappa shape index (κ1) is 20.5. The Morgan fingerprint density at radius 1 is 0.926 bits per heavy atom. The minimum Gasteiger partial charge on any atom is -0.354 e. The van der Waals surface area contributed by atoms with E-state index in [0.717, 1.165) is 11.3 Å². The molecule has 0 atom stereocenters. The molecule has 0 fully saturated rings. The number of carbonyl (C=O) groups is 1. The third-order valence-electron chi connectivity index (χ3n) is 3.96. The van der Waals surface area contributed by atoms with Crippen molar-refractivity contribution < 1.29 is 4.79 Å². The largest absolute Gasteiger partial charge is 0.354 e. The van der Waals surface area contributed by atoms with Crippen molar-refractivity contribution in [1.29, 1.82) is 0 Å². The quantitative estimate of drug-likeness (QED) is 0.415. The smallest absolute Gasteiger partial charge is 0.225 e. The molecule has 0 aliphatic heterocycles. The van der Waals surface area contributed by atoms with Crippen LogP contribution in [0.3, 0.4) is 0 Å². The number of benzene rings is 2. The van der Waals surface area contributed by atoms with E-state index < -0.39 is 0 Å². The molecule has 27 heavy (non-hydrogen) atoms. The number of aliphatic imine (C=N–C) groups is 1. The van der Waals surface area contributed by atoms with Crippen LogP contribution in [0.15, 0.2) is 59.6 Å². The van der Waals surface area contributed by atoms with Crippen LogP contribution in [0.1, 0.15) is 31.9 Å². The highest BCUT2D eigenvalue weighted by molar-refractivity contribution is 5.93. The maximum absolute atomic E-state index is 12.0. The Morgan fingerprint density at radius 2 is 1.56 bits per heavy atom. The van der Waals surface area contributed by atoms with Crippen LogP contribution < -0.4 is 16.0 Å². The van der Waals surface area contributed by atoms with E-state index in [-0.39, 0.29) is 11.3 Å². The zero-order valence-electron chi connectivity index (χ0n) is 16.7. The van der Waals surface area contributed by atoms with Crippen molar-refractivity contribution >= 4 is 17.6 Å². The van der Waals surface area contributed by atoms with Gasteiger partial charge >= 0.3 is 0 Å². The van der Waals surface area contributed by atoms with E-state index in [1.54, 1.807) is 0 Å². The second-order valence-electron chi connectivity index (χ2n) is 7.57. The van der Waals surface area contributed by atoms with Crippen molar-refractivity contribution in [3.8, 4) is 0 Å². The van der Waals surface area contributed by atoms with Gasteiger partial charge in [-0.3, -0.25) is 4.79 Å². The summed E-state index contributed by atoms with van der Waals surface area (Å²) >= 11 is 0. The molecule has 2 aromatic rings. The van der Waals surface area contributed by atoms with Crippen molar-refractivity contribution in [2.45, 2.75) is 34.2 Å². The van der Waals surface area contributed by atoms with E-state index in [1.807, 2.05) is 51.1 Å². The van der Waals surface area contributed by atoms with Crippen LogP contribution in [-0.2, 0) is 11.3 Å². The predicted molar refractivity (Wildman–Crippen MR) is 113 cm³/mol. The number of amides is 1. The molecule has 0 unspecified atom stereocenters. The molecule has 0 aliphatic rings. The van der Waals surface area contributed by atoms with Gasteiger partial charge in [0, 0.05) is 24.2 Å². The first-order chi connectivity index (χ1) is 12.8. The van der Waals surface area contributed by atoms with Crippen LogP contribution in [0.25, 0.3) is 0 Å². The number of hydrogen-bond acceptors (Lipinski definition) is 2. The number of nitrogens with zero attached hydrogens (tertiary/aromatic N) is 1. The van der Waals surface area contributed by atoms with Crippen molar-refractivity contribution in [3.05, 3.63) is 65.7 Å². The molecule has 0 radical (unpaired) electrons. The summed E-state index contributed by atoms with van der Waals surface area (Å²) in [6, 6.07) is 18.3. The van der Waals surface area contributed by atoms with Gasteiger partial charge in [-0.2, -0.15) is 0 Å². The number of guanidine groups is 1. The van der Waals surface area contributed by atoms with Crippen LogP contribution in [-0.4, -0.2) is 25.0 Å². The maximum Gasteiger partial charge on any atom is 0.225 e. The predicted octanol–water partition coefficient (Wildman–Crippen LogP) is 3.72. The monoisotopic (exact) mass is 366 g/mol. The summed E-state index contributed by atoms with van der Waals surface area (Å²) in [5.41, 5.74) is 2.96. The highest BCUT2D eigenvalue weighted by atomic mass is 16.2. The van der Waals surface area contributed by atoms with Crippen molar-refractivity contribution in [3.63, 3.8) is 0 Å². The number of rotatable bonds is 6. The van der Waals surface area contributed by atoms with Crippen LogP contribution in [0.2, 0.25) is 0 Å². The average molecular weight is 367 g/mol. The normalized spacial score (nSPS) is 11.8. The summed E-state index contributed by atoms with van der Waals surface area (Å²) in [4.78, 5) is 16.6. The van der Waals surface area contributed by atoms with Gasteiger partial charge in [-0.25, -0.2) is 4.99 Å². The van der Waals surface area contributed by atoms with Crippen molar-refractivity contribution in [1.82, 2.24) is 10.6 Å². The number of hydrogen-bond donors (Lipinski definition) is 3. The lowest BCUT2D eigenvalue weighted by Gasteiger charge is -2.18. The summed E-state index contributed by atoms with van der Waals surface area (Å²) in [5, 5.41) is 9.52. The Kier molecular flexibility index (Phi) is 7.41. The van der Waals surface area contributed by atoms with Crippen molar-refractivity contribution in [2.75, 3.05) is 18.4 Å². The molecule has 5 nitrogen and oxygen atoms in total. The molecule has 5 heteroatoms. The minimum absolute atomic E-state index is 0.0402. The van der Waals surface area contributed by atoms with Crippen molar-refractivity contribution in [2.24, 2.45) is 10.4 Å². The summed E-state index contributed by atoms with van der Waals surface area (Å²) in [6.07, 6.45) is 0. The molecular formula is C22H30N4O. The summed E-state index contributed by atoms with van der Waals surface area (Å²) < 4.78 is 0. The highest BCUT2D eigenvalue weighted by Crippen LogP contribution is 2.12. The first-order valence-electron chi connectivity index (χ1n) is 9.29. The van der Waals surface area contributed by atoms with Gasteiger partial charge in [-0.15, -0.1) is 0 Å². The first-order valence-corrected chi connectivity index (χ1v) is 9.29. The molecular weight excluding hydrogens is 336 g/mol. The third kappa shape index (κ3) is 7.52. The summed E-state index contributed by atoms with van der Waals surface area (Å²) in [5.74, 6) is 0.727. The standard InChI is InChI=1S/C22H30N4O/c1-17-10-12-18(13-11-17)16-25-21(26-19-8-6-5-7-9-19)24-15-14-23-20(27)22(2,3)4/h5-13H,14-16H2,1-4H3,(H,23,27)(H2,24,25,26). The molecule has 0 heterocycles. The number of anilines is 1. The average Bonchev–Trinajstić information content (AvgIpc) is 2.64. The van der Waals surface area contributed by atoms with Gasteiger partial charge in [0.2, 0.25) is 5.91 Å². The second-order valence-corrected chi connectivity index (χ2v) is 7.57. The lowest BCUT2D eigenvalue weighted by atomic mass is 9.96. The third-order valence-corrected chi connectivity index (χ3v) is 3.96.